The van der Waals surface area contributed by atoms with E-state index in [-0.39, 0.29) is 5.91 Å². The number of nitrogens with one attached hydrogen (secondary N) is 3. The van der Waals surface area contributed by atoms with Crippen molar-refractivity contribution in [2.24, 2.45) is 5.92 Å². The van der Waals surface area contributed by atoms with Crippen LogP contribution < -0.4 is 20.7 Å². The average molecular weight is 418 g/mol. The summed E-state index contributed by atoms with van der Waals surface area (Å²) in [5.74, 6) is 1.37. The Bertz CT molecular complexity index is 1010. The van der Waals surface area contributed by atoms with Crippen LogP contribution in [0.1, 0.15) is 36.2 Å². The predicted octanol–water partition coefficient (Wildman–Crippen LogP) is 6.27. The van der Waals surface area contributed by atoms with Crippen LogP contribution in [0.25, 0.3) is 0 Å². The molecule has 0 heterocycles. The van der Waals surface area contributed by atoms with Gasteiger partial charge >= 0.3 is 0 Å². The van der Waals surface area contributed by atoms with Gasteiger partial charge in [0.15, 0.2) is 0 Å². The molecule has 0 aliphatic rings. The van der Waals surface area contributed by atoms with Crippen LogP contribution in [0, 0.1) is 12.8 Å². The first-order valence-corrected chi connectivity index (χ1v) is 10.6. The van der Waals surface area contributed by atoms with Crippen molar-refractivity contribution in [3.63, 3.8) is 0 Å². The highest BCUT2D eigenvalue weighted by Crippen LogP contribution is 2.25. The van der Waals surface area contributed by atoms with Gasteiger partial charge in [0.25, 0.3) is 5.91 Å². The summed E-state index contributed by atoms with van der Waals surface area (Å²) >= 11 is 0. The molecule has 3 aromatic carbocycles. The van der Waals surface area contributed by atoms with E-state index < -0.39 is 0 Å². The molecule has 0 saturated heterocycles. The van der Waals surface area contributed by atoms with Gasteiger partial charge in [-0.15, -0.1) is 0 Å². The normalized spacial score (nSPS) is 10.6. The van der Waals surface area contributed by atoms with Gasteiger partial charge in [0.05, 0.1) is 7.11 Å². The van der Waals surface area contributed by atoms with Crippen LogP contribution in [0.5, 0.6) is 5.75 Å². The minimum atomic E-state index is -0.0248. The quantitative estimate of drug-likeness (QED) is 0.384. The van der Waals surface area contributed by atoms with Gasteiger partial charge in [0.2, 0.25) is 0 Å². The Morgan fingerprint density at radius 1 is 0.903 bits per heavy atom. The number of carbonyl (C=O) groups is 1. The zero-order valence-corrected chi connectivity index (χ0v) is 18.7. The third kappa shape index (κ3) is 6.51. The van der Waals surface area contributed by atoms with Crippen LogP contribution >= 0.6 is 0 Å². The molecule has 31 heavy (non-hydrogen) atoms. The molecule has 0 aliphatic heterocycles. The standard InChI is InChI=1S/C26H31N3O2/c1-18(2)14-15-27-26(30)20-8-13-25(19(3)16-20)29-22-11-9-21(10-12-22)28-23-6-5-7-24(17-23)31-4/h5-13,16-18,28-29H,14-15H2,1-4H3,(H,27,30). The largest absolute Gasteiger partial charge is 0.497 e. The number of anilines is 4. The summed E-state index contributed by atoms with van der Waals surface area (Å²) < 4.78 is 5.27. The minimum Gasteiger partial charge on any atom is -0.497 e. The van der Waals surface area contributed by atoms with Crippen molar-refractivity contribution in [1.82, 2.24) is 5.32 Å². The van der Waals surface area contributed by atoms with Crippen LogP contribution in [0.2, 0.25) is 0 Å². The lowest BCUT2D eigenvalue weighted by Crippen LogP contribution is -2.25. The smallest absolute Gasteiger partial charge is 0.251 e. The zero-order chi connectivity index (χ0) is 22.2. The molecule has 0 fully saturated rings. The number of benzene rings is 3. The molecule has 162 valence electrons. The van der Waals surface area contributed by atoms with Crippen LogP contribution in [0.3, 0.4) is 0 Å². The van der Waals surface area contributed by atoms with Crippen molar-refractivity contribution in [3.05, 3.63) is 77.9 Å². The topological polar surface area (TPSA) is 62.4 Å². The molecule has 0 aliphatic carbocycles. The van der Waals surface area contributed by atoms with E-state index in [9.17, 15) is 4.79 Å². The number of aryl methyl sites for hydroxylation is 1. The highest BCUT2D eigenvalue weighted by molar-refractivity contribution is 5.95. The van der Waals surface area contributed by atoms with Crippen LogP contribution in [-0.2, 0) is 0 Å². The van der Waals surface area contributed by atoms with E-state index in [1.54, 1.807) is 7.11 Å². The molecule has 3 rings (SSSR count). The lowest BCUT2D eigenvalue weighted by atomic mass is 10.1. The van der Waals surface area contributed by atoms with E-state index in [1.807, 2.05) is 73.7 Å². The van der Waals surface area contributed by atoms with Gasteiger partial charge in [-0.05, 0) is 79.4 Å². The fourth-order valence-corrected chi connectivity index (χ4v) is 3.18. The van der Waals surface area contributed by atoms with Crippen molar-refractivity contribution < 1.29 is 9.53 Å². The van der Waals surface area contributed by atoms with E-state index in [0.717, 1.165) is 40.5 Å². The van der Waals surface area contributed by atoms with Crippen molar-refractivity contribution in [2.45, 2.75) is 27.2 Å². The lowest BCUT2D eigenvalue weighted by Gasteiger charge is -2.13. The molecular formula is C26H31N3O2. The van der Waals surface area contributed by atoms with Gasteiger partial charge in [0.1, 0.15) is 5.75 Å². The van der Waals surface area contributed by atoms with E-state index in [1.165, 1.54) is 0 Å². The summed E-state index contributed by atoms with van der Waals surface area (Å²) in [6.07, 6.45) is 0.979. The van der Waals surface area contributed by atoms with Gasteiger partial charge in [-0.1, -0.05) is 19.9 Å². The molecule has 3 N–H and O–H groups in total. The second-order valence-electron chi connectivity index (χ2n) is 8.03. The zero-order valence-electron chi connectivity index (χ0n) is 18.7. The number of hydrogen-bond acceptors (Lipinski definition) is 4. The van der Waals surface area contributed by atoms with Gasteiger partial charge in [-0.2, -0.15) is 0 Å². The Labute approximate surface area is 184 Å². The number of methoxy groups -OCH3 is 1. The van der Waals surface area contributed by atoms with E-state index in [2.05, 4.69) is 29.8 Å². The maximum Gasteiger partial charge on any atom is 0.251 e. The second-order valence-corrected chi connectivity index (χ2v) is 8.03. The van der Waals surface area contributed by atoms with Gasteiger partial charge < -0.3 is 20.7 Å². The van der Waals surface area contributed by atoms with E-state index >= 15 is 0 Å². The summed E-state index contributed by atoms with van der Waals surface area (Å²) in [4.78, 5) is 12.3. The molecule has 0 spiro atoms. The highest BCUT2D eigenvalue weighted by atomic mass is 16.5. The summed E-state index contributed by atoms with van der Waals surface area (Å²) in [5.41, 5.74) is 5.63. The fraction of sp³-hybridized carbons (Fsp3) is 0.269. The molecule has 1 amide bonds. The number of rotatable bonds is 9. The summed E-state index contributed by atoms with van der Waals surface area (Å²) in [6, 6.07) is 21.6. The predicted molar refractivity (Wildman–Crippen MR) is 129 cm³/mol. The molecule has 3 aromatic rings. The first kappa shape index (κ1) is 22.2. The molecule has 5 heteroatoms. The molecule has 0 bridgehead atoms. The second kappa shape index (κ2) is 10.5. The molecule has 0 radical (unpaired) electrons. The number of amides is 1. The van der Waals surface area contributed by atoms with Gasteiger partial charge in [0, 0.05) is 40.9 Å². The average Bonchev–Trinajstić information content (AvgIpc) is 2.76. The lowest BCUT2D eigenvalue weighted by molar-refractivity contribution is 0.0952. The van der Waals surface area contributed by atoms with Crippen molar-refractivity contribution in [1.29, 1.82) is 0 Å². The Balaban J connectivity index is 1.61. The molecule has 0 atom stereocenters. The first-order valence-electron chi connectivity index (χ1n) is 10.6. The maximum absolute atomic E-state index is 12.3. The Morgan fingerprint density at radius 2 is 1.61 bits per heavy atom. The van der Waals surface area contributed by atoms with Crippen LogP contribution in [0.4, 0.5) is 22.7 Å². The number of ether oxygens (including phenoxy) is 1. The molecular weight excluding hydrogens is 386 g/mol. The van der Waals surface area contributed by atoms with Crippen molar-refractivity contribution >= 4 is 28.7 Å². The monoisotopic (exact) mass is 417 g/mol. The van der Waals surface area contributed by atoms with Crippen molar-refractivity contribution in [3.8, 4) is 5.75 Å². The molecule has 0 saturated carbocycles. The highest BCUT2D eigenvalue weighted by Gasteiger charge is 2.08. The van der Waals surface area contributed by atoms with Crippen LogP contribution in [-0.4, -0.2) is 19.6 Å². The fourth-order valence-electron chi connectivity index (χ4n) is 3.18. The van der Waals surface area contributed by atoms with Crippen molar-refractivity contribution in [2.75, 3.05) is 24.3 Å². The number of carbonyl (C=O) groups excluding carboxylic acids is 1. The Morgan fingerprint density at radius 3 is 2.26 bits per heavy atom. The van der Waals surface area contributed by atoms with E-state index in [4.69, 9.17) is 4.74 Å². The van der Waals surface area contributed by atoms with Gasteiger partial charge in [-0.3, -0.25) is 4.79 Å². The number of hydrogen-bond donors (Lipinski definition) is 3. The Hall–Kier alpha value is -3.47. The molecule has 5 nitrogen and oxygen atoms in total. The van der Waals surface area contributed by atoms with E-state index in [0.29, 0.717) is 18.0 Å². The Kier molecular flexibility index (Phi) is 7.55. The van der Waals surface area contributed by atoms with Crippen LogP contribution in [0.15, 0.2) is 66.7 Å². The summed E-state index contributed by atoms with van der Waals surface area (Å²) in [5, 5.41) is 9.78. The summed E-state index contributed by atoms with van der Waals surface area (Å²) in [6.45, 7) is 7.01. The third-order valence-electron chi connectivity index (χ3n) is 5.02. The minimum absolute atomic E-state index is 0.0248. The summed E-state index contributed by atoms with van der Waals surface area (Å²) in [7, 11) is 1.66. The maximum atomic E-state index is 12.3. The third-order valence-corrected chi connectivity index (χ3v) is 5.02. The molecule has 0 aromatic heterocycles. The first-order chi connectivity index (χ1) is 14.9. The van der Waals surface area contributed by atoms with Gasteiger partial charge in [-0.25, -0.2) is 0 Å². The SMILES string of the molecule is COc1cccc(Nc2ccc(Nc3ccc(C(=O)NCCC(C)C)cc3C)cc2)c1. The molecule has 0 unspecified atom stereocenters.